The number of rotatable bonds is 4. The molecule has 326 valence electrons. The molecule has 0 unspecified atom stereocenters. The van der Waals surface area contributed by atoms with Gasteiger partial charge in [0.1, 0.15) is 0 Å². The van der Waals surface area contributed by atoms with Crippen LogP contribution in [-0.2, 0) is 16.2 Å². The number of fused-ring (bicyclic) bond motifs is 4. The Morgan fingerprint density at radius 3 is 1.52 bits per heavy atom. The molecule has 0 N–H and O–H groups in total. The highest BCUT2D eigenvalue weighted by Gasteiger charge is 2.44. The number of benzene rings is 10. The largest absolute Gasteiger partial charge is 0.311 e. The van der Waals surface area contributed by atoms with E-state index in [1.165, 1.54) is 116 Å². The number of nitrogens with zero attached hydrogens (tertiary/aromatic N) is 2. The maximum Gasteiger partial charge on any atom is 0.252 e. The molecule has 0 saturated carbocycles. The molecule has 2 aliphatic rings. The molecule has 0 amide bonds. The zero-order valence-electron chi connectivity index (χ0n) is 40.3. The first-order valence-electron chi connectivity index (χ1n) is 24.1. The Morgan fingerprint density at radius 2 is 0.881 bits per heavy atom. The minimum Gasteiger partial charge on any atom is -0.311 e. The van der Waals surface area contributed by atoms with Crippen molar-refractivity contribution in [3.05, 3.63) is 199 Å². The highest BCUT2D eigenvalue weighted by molar-refractivity contribution is 7.00. The molecule has 0 atom stereocenters. The van der Waals surface area contributed by atoms with Crippen LogP contribution in [0.25, 0.3) is 54.6 Å². The van der Waals surface area contributed by atoms with E-state index in [0.717, 1.165) is 5.69 Å². The van der Waals surface area contributed by atoms with Crippen molar-refractivity contribution in [3.63, 3.8) is 0 Å². The Hall–Kier alpha value is -7.10. The molecule has 0 aromatic heterocycles. The van der Waals surface area contributed by atoms with Crippen LogP contribution in [0, 0.1) is 0 Å². The van der Waals surface area contributed by atoms with Crippen LogP contribution >= 0.6 is 0 Å². The van der Waals surface area contributed by atoms with Gasteiger partial charge in [-0.05, 0) is 159 Å². The molecule has 12 rings (SSSR count). The molecule has 2 heterocycles. The fourth-order valence-electron chi connectivity index (χ4n) is 11.2. The van der Waals surface area contributed by atoms with E-state index < -0.39 is 0 Å². The van der Waals surface area contributed by atoms with Gasteiger partial charge in [0.25, 0.3) is 6.71 Å². The van der Waals surface area contributed by atoms with E-state index >= 15 is 0 Å². The molecule has 10 aromatic rings. The van der Waals surface area contributed by atoms with Gasteiger partial charge in [0.15, 0.2) is 0 Å². The Balaban J connectivity index is 1.14. The summed E-state index contributed by atoms with van der Waals surface area (Å²) >= 11 is 0. The molecule has 3 heteroatoms. The zero-order valence-corrected chi connectivity index (χ0v) is 40.3. The maximum absolute atomic E-state index is 2.60. The fourth-order valence-corrected chi connectivity index (χ4v) is 11.2. The summed E-state index contributed by atoms with van der Waals surface area (Å²) in [4.78, 5) is 5.15. The van der Waals surface area contributed by atoms with Gasteiger partial charge in [-0.3, -0.25) is 0 Å². The van der Waals surface area contributed by atoms with Crippen LogP contribution in [0.15, 0.2) is 182 Å². The molecule has 0 radical (unpaired) electrons. The summed E-state index contributed by atoms with van der Waals surface area (Å²) < 4.78 is 0. The van der Waals surface area contributed by atoms with Crippen molar-refractivity contribution < 1.29 is 0 Å². The first-order chi connectivity index (χ1) is 32.1. The highest BCUT2D eigenvalue weighted by Crippen LogP contribution is 2.49. The van der Waals surface area contributed by atoms with E-state index in [1.54, 1.807) is 0 Å². The molecular formula is C64H57BN2. The van der Waals surface area contributed by atoms with E-state index in [4.69, 9.17) is 0 Å². The van der Waals surface area contributed by atoms with Gasteiger partial charge in [-0.2, -0.15) is 0 Å². The summed E-state index contributed by atoms with van der Waals surface area (Å²) in [5.74, 6) is 0. The molecule has 0 aliphatic carbocycles. The van der Waals surface area contributed by atoms with Crippen LogP contribution in [0.2, 0.25) is 0 Å². The lowest BCUT2D eigenvalue weighted by molar-refractivity contribution is 0.590. The predicted molar refractivity (Wildman–Crippen MR) is 291 cm³/mol. The van der Waals surface area contributed by atoms with Crippen molar-refractivity contribution >= 4 is 89.5 Å². The Bertz CT molecular complexity index is 3520. The quantitative estimate of drug-likeness (QED) is 0.128. The van der Waals surface area contributed by atoms with Crippen LogP contribution in [-0.4, -0.2) is 6.71 Å². The average molecular weight is 865 g/mol. The van der Waals surface area contributed by atoms with Crippen LogP contribution < -0.4 is 26.2 Å². The molecule has 67 heavy (non-hydrogen) atoms. The topological polar surface area (TPSA) is 6.48 Å². The molecule has 0 bridgehead atoms. The van der Waals surface area contributed by atoms with Gasteiger partial charge in [-0.25, -0.2) is 0 Å². The zero-order chi connectivity index (χ0) is 46.1. The smallest absolute Gasteiger partial charge is 0.252 e. The third kappa shape index (κ3) is 6.61. The van der Waals surface area contributed by atoms with Crippen LogP contribution in [0.3, 0.4) is 0 Å². The molecule has 2 aliphatic heterocycles. The van der Waals surface area contributed by atoms with Crippen molar-refractivity contribution in [3.8, 4) is 22.3 Å². The lowest BCUT2D eigenvalue weighted by Crippen LogP contribution is -2.61. The third-order valence-corrected chi connectivity index (χ3v) is 14.8. The van der Waals surface area contributed by atoms with Crippen molar-refractivity contribution in [2.24, 2.45) is 0 Å². The van der Waals surface area contributed by atoms with Gasteiger partial charge in [0.05, 0.1) is 5.69 Å². The maximum atomic E-state index is 2.60. The van der Waals surface area contributed by atoms with Gasteiger partial charge in [-0.1, -0.05) is 184 Å². The minimum absolute atomic E-state index is 0.0136. The first kappa shape index (κ1) is 41.3. The SMILES string of the molecule is CC(C)(C)c1ccc(N2c3cc(-c4ccccc4)ccc3B3c4cc(C(C)(C)C)ccc4N(c4ccc(C(C)(C)C)cc4-c4cc5ccc6cccc7ccc(c4)c5c67)c4cccc2c43)cc1. The van der Waals surface area contributed by atoms with E-state index in [0.29, 0.717) is 0 Å². The first-order valence-corrected chi connectivity index (χ1v) is 24.1. The Labute approximate surface area is 397 Å². The van der Waals surface area contributed by atoms with Gasteiger partial charge >= 0.3 is 0 Å². The van der Waals surface area contributed by atoms with Crippen LogP contribution in [0.5, 0.6) is 0 Å². The molecule has 0 saturated heterocycles. The number of hydrogen-bond donors (Lipinski definition) is 0. The second-order valence-electron chi connectivity index (χ2n) is 22.3. The van der Waals surface area contributed by atoms with Crippen molar-refractivity contribution in [1.29, 1.82) is 0 Å². The lowest BCUT2D eigenvalue weighted by Gasteiger charge is -2.45. The van der Waals surface area contributed by atoms with Crippen molar-refractivity contribution in [2.45, 2.75) is 78.6 Å². The van der Waals surface area contributed by atoms with Crippen molar-refractivity contribution in [2.75, 3.05) is 9.80 Å². The summed E-state index contributed by atoms with van der Waals surface area (Å²) in [6, 6.07) is 69.8. The summed E-state index contributed by atoms with van der Waals surface area (Å²) in [5, 5.41) is 7.82. The summed E-state index contributed by atoms with van der Waals surface area (Å²) in [7, 11) is 0. The standard InChI is InChI=1S/C64H57BN2/c1-62(2,3)47-26-30-50(31-27-47)66-56-19-14-20-57-61(56)65(52-32-25-43(37-58(52)66)40-15-11-10-12-16-40)53-39-49(64(7,8)9)29-34-55(53)67(57)54-33-28-48(63(4,5)6)38-51(54)46-35-44-23-21-41-17-13-18-42-22-24-45(36-46)60(44)59(41)42/h10-39H,1-9H3. The molecule has 10 aromatic carbocycles. The predicted octanol–water partition coefficient (Wildman–Crippen LogP) is 15.9. The normalized spacial score (nSPS) is 13.7. The fraction of sp³-hybridized carbons (Fsp3) is 0.188. The second kappa shape index (κ2) is 14.7. The third-order valence-electron chi connectivity index (χ3n) is 14.8. The lowest BCUT2D eigenvalue weighted by atomic mass is 9.33. The Morgan fingerprint density at radius 1 is 0.328 bits per heavy atom. The second-order valence-corrected chi connectivity index (χ2v) is 22.3. The van der Waals surface area contributed by atoms with E-state index in [1.807, 2.05) is 0 Å². The molecule has 2 nitrogen and oxygen atoms in total. The number of hydrogen-bond acceptors (Lipinski definition) is 2. The molecular weight excluding hydrogens is 808 g/mol. The monoisotopic (exact) mass is 864 g/mol. The average Bonchev–Trinajstić information content (AvgIpc) is 3.32. The van der Waals surface area contributed by atoms with Gasteiger partial charge in [0, 0.05) is 34.0 Å². The van der Waals surface area contributed by atoms with Gasteiger partial charge in [0.2, 0.25) is 0 Å². The van der Waals surface area contributed by atoms with E-state index in [9.17, 15) is 0 Å². The summed E-state index contributed by atoms with van der Waals surface area (Å²) in [6.07, 6.45) is 0. The van der Waals surface area contributed by atoms with E-state index in [-0.39, 0.29) is 23.0 Å². The number of anilines is 6. The minimum atomic E-state index is -0.0484. The molecule has 0 fully saturated rings. The molecule has 0 spiro atoms. The van der Waals surface area contributed by atoms with Crippen molar-refractivity contribution in [1.82, 2.24) is 0 Å². The summed E-state index contributed by atoms with van der Waals surface area (Å²) in [5.41, 5.74) is 20.1. The highest BCUT2D eigenvalue weighted by atomic mass is 15.2. The Kier molecular flexibility index (Phi) is 9.07. The summed E-state index contributed by atoms with van der Waals surface area (Å²) in [6.45, 7) is 20.9. The van der Waals surface area contributed by atoms with Gasteiger partial charge < -0.3 is 9.80 Å². The van der Waals surface area contributed by atoms with Crippen LogP contribution in [0.1, 0.15) is 79.0 Å². The van der Waals surface area contributed by atoms with E-state index in [2.05, 4.69) is 254 Å². The van der Waals surface area contributed by atoms with Crippen LogP contribution in [0.4, 0.5) is 34.1 Å². The van der Waals surface area contributed by atoms with Gasteiger partial charge in [-0.15, -0.1) is 0 Å².